The van der Waals surface area contributed by atoms with E-state index in [-0.39, 0.29) is 17.6 Å². The molecule has 1 saturated heterocycles. The molecule has 0 aromatic carbocycles. The molecule has 0 aliphatic carbocycles. The van der Waals surface area contributed by atoms with Crippen molar-refractivity contribution in [3.05, 3.63) is 0 Å². The SMILES string of the molecule is CC(C)(N)CC1CCCCN1C(N)=O. The highest BCUT2D eigenvalue weighted by Crippen LogP contribution is 2.23. The summed E-state index contributed by atoms with van der Waals surface area (Å²) in [6, 6.07) is -0.0693. The number of hydrogen-bond donors (Lipinski definition) is 2. The number of piperidine rings is 1. The van der Waals surface area contributed by atoms with Crippen molar-refractivity contribution in [2.45, 2.75) is 51.1 Å². The third-order valence-corrected chi connectivity index (χ3v) is 2.67. The lowest BCUT2D eigenvalue weighted by molar-refractivity contribution is 0.143. The molecule has 4 nitrogen and oxygen atoms in total. The second-order valence-electron chi connectivity index (χ2n) is 4.87. The lowest BCUT2D eigenvalue weighted by Gasteiger charge is -2.37. The predicted molar refractivity (Wildman–Crippen MR) is 56.8 cm³/mol. The van der Waals surface area contributed by atoms with Gasteiger partial charge in [-0.15, -0.1) is 0 Å². The number of primary amides is 1. The van der Waals surface area contributed by atoms with E-state index in [1.54, 1.807) is 4.90 Å². The van der Waals surface area contributed by atoms with Crippen molar-refractivity contribution in [3.8, 4) is 0 Å². The first kappa shape index (κ1) is 11.3. The summed E-state index contributed by atoms with van der Waals surface area (Å²) in [5, 5.41) is 0. The zero-order valence-corrected chi connectivity index (χ0v) is 9.12. The van der Waals surface area contributed by atoms with Crippen molar-refractivity contribution in [3.63, 3.8) is 0 Å². The van der Waals surface area contributed by atoms with E-state index < -0.39 is 0 Å². The number of amides is 2. The van der Waals surface area contributed by atoms with Gasteiger partial charge in [-0.1, -0.05) is 0 Å². The van der Waals surface area contributed by atoms with E-state index in [2.05, 4.69) is 0 Å². The number of carbonyl (C=O) groups is 1. The first-order valence-corrected chi connectivity index (χ1v) is 5.25. The molecule has 1 unspecified atom stereocenters. The molecule has 0 radical (unpaired) electrons. The van der Waals surface area contributed by atoms with Crippen LogP contribution in [0.15, 0.2) is 0 Å². The number of urea groups is 1. The highest BCUT2D eigenvalue weighted by Gasteiger charge is 2.28. The normalized spacial score (nSPS) is 23.6. The van der Waals surface area contributed by atoms with Crippen molar-refractivity contribution in [1.29, 1.82) is 0 Å². The largest absolute Gasteiger partial charge is 0.351 e. The van der Waals surface area contributed by atoms with Crippen LogP contribution in [-0.4, -0.2) is 29.1 Å². The number of likely N-dealkylation sites (tertiary alicyclic amines) is 1. The Hall–Kier alpha value is -0.770. The van der Waals surface area contributed by atoms with Gasteiger partial charge in [0.05, 0.1) is 0 Å². The van der Waals surface area contributed by atoms with E-state index in [9.17, 15) is 4.79 Å². The fourth-order valence-electron chi connectivity index (χ4n) is 2.11. The Bertz CT molecular complexity index is 210. The van der Waals surface area contributed by atoms with E-state index in [4.69, 9.17) is 11.5 Å². The van der Waals surface area contributed by atoms with Crippen LogP contribution >= 0.6 is 0 Å². The molecule has 0 saturated carbocycles. The van der Waals surface area contributed by atoms with Gasteiger partial charge in [0.15, 0.2) is 0 Å². The first-order valence-electron chi connectivity index (χ1n) is 5.25. The number of nitrogens with zero attached hydrogens (tertiary/aromatic N) is 1. The van der Waals surface area contributed by atoms with Crippen LogP contribution < -0.4 is 11.5 Å². The average Bonchev–Trinajstić information content (AvgIpc) is 2.01. The Labute approximate surface area is 85.6 Å². The van der Waals surface area contributed by atoms with Gasteiger partial charge >= 0.3 is 6.03 Å². The highest BCUT2D eigenvalue weighted by atomic mass is 16.2. The number of nitrogens with two attached hydrogens (primary N) is 2. The zero-order valence-electron chi connectivity index (χ0n) is 9.12. The molecule has 14 heavy (non-hydrogen) atoms. The van der Waals surface area contributed by atoms with Crippen LogP contribution in [0.5, 0.6) is 0 Å². The zero-order chi connectivity index (χ0) is 10.8. The Morgan fingerprint density at radius 2 is 2.14 bits per heavy atom. The van der Waals surface area contributed by atoms with E-state index in [0.717, 1.165) is 25.8 Å². The molecule has 1 heterocycles. The van der Waals surface area contributed by atoms with Gasteiger partial charge in [0.2, 0.25) is 0 Å². The maximum atomic E-state index is 11.2. The van der Waals surface area contributed by atoms with Gasteiger partial charge in [-0.25, -0.2) is 4.79 Å². The fraction of sp³-hybridized carbons (Fsp3) is 0.900. The van der Waals surface area contributed by atoms with Crippen molar-refractivity contribution in [1.82, 2.24) is 4.90 Å². The lowest BCUT2D eigenvalue weighted by Crippen LogP contribution is -2.50. The summed E-state index contributed by atoms with van der Waals surface area (Å²) < 4.78 is 0. The summed E-state index contributed by atoms with van der Waals surface area (Å²) >= 11 is 0. The standard InChI is InChI=1S/C10H21N3O/c1-10(2,12)7-8-5-3-4-6-13(8)9(11)14/h8H,3-7,12H2,1-2H3,(H2,11,14). The van der Waals surface area contributed by atoms with Crippen LogP contribution in [0.3, 0.4) is 0 Å². The molecule has 0 aromatic rings. The minimum Gasteiger partial charge on any atom is -0.351 e. The highest BCUT2D eigenvalue weighted by molar-refractivity contribution is 5.72. The summed E-state index contributed by atoms with van der Waals surface area (Å²) in [6.07, 6.45) is 4.09. The van der Waals surface area contributed by atoms with E-state index >= 15 is 0 Å². The summed E-state index contributed by atoms with van der Waals surface area (Å²) in [6.45, 7) is 4.76. The van der Waals surface area contributed by atoms with Crippen LogP contribution in [0.4, 0.5) is 4.79 Å². The summed E-state index contributed by atoms with van der Waals surface area (Å²) in [7, 11) is 0. The lowest BCUT2D eigenvalue weighted by atomic mass is 9.90. The third-order valence-electron chi connectivity index (χ3n) is 2.67. The molecule has 4 heteroatoms. The molecule has 1 atom stereocenters. The van der Waals surface area contributed by atoms with Crippen molar-refractivity contribution < 1.29 is 4.79 Å². The average molecular weight is 199 g/mol. The van der Waals surface area contributed by atoms with Crippen LogP contribution in [-0.2, 0) is 0 Å². The van der Waals surface area contributed by atoms with Crippen LogP contribution in [0.25, 0.3) is 0 Å². The Kier molecular flexibility index (Phi) is 3.37. The van der Waals surface area contributed by atoms with E-state index in [1.165, 1.54) is 6.42 Å². The van der Waals surface area contributed by atoms with Gasteiger partial charge in [-0.2, -0.15) is 0 Å². The molecule has 82 valence electrons. The summed E-state index contributed by atoms with van der Waals surface area (Å²) in [5.41, 5.74) is 11.0. The van der Waals surface area contributed by atoms with Crippen LogP contribution in [0, 0.1) is 0 Å². The third kappa shape index (κ3) is 3.18. The van der Waals surface area contributed by atoms with Gasteiger partial charge in [-0.3, -0.25) is 0 Å². The molecule has 0 spiro atoms. The monoisotopic (exact) mass is 199 g/mol. The minimum atomic E-state index is -0.307. The fourth-order valence-corrected chi connectivity index (χ4v) is 2.11. The van der Waals surface area contributed by atoms with Gasteiger partial charge < -0.3 is 16.4 Å². The number of carbonyl (C=O) groups excluding carboxylic acids is 1. The molecule has 1 rings (SSSR count). The Morgan fingerprint density at radius 1 is 1.50 bits per heavy atom. The second kappa shape index (κ2) is 4.17. The maximum absolute atomic E-state index is 11.2. The molecule has 1 aliphatic rings. The number of rotatable bonds is 2. The molecule has 4 N–H and O–H groups in total. The van der Waals surface area contributed by atoms with Gasteiger partial charge in [-0.05, 0) is 39.5 Å². The number of hydrogen-bond acceptors (Lipinski definition) is 2. The van der Waals surface area contributed by atoms with Crippen LogP contribution in [0.1, 0.15) is 39.5 Å². The van der Waals surface area contributed by atoms with Gasteiger partial charge in [0, 0.05) is 18.1 Å². The predicted octanol–water partition coefficient (Wildman–Crippen LogP) is 1.05. The first-order chi connectivity index (χ1) is 6.40. The molecular weight excluding hydrogens is 178 g/mol. The molecule has 1 aliphatic heterocycles. The molecule has 2 amide bonds. The van der Waals surface area contributed by atoms with E-state index in [1.807, 2.05) is 13.8 Å². The Morgan fingerprint density at radius 3 is 2.64 bits per heavy atom. The molecule has 0 aromatic heterocycles. The molecule has 1 fully saturated rings. The summed E-state index contributed by atoms with van der Waals surface area (Å²) in [5.74, 6) is 0. The smallest absolute Gasteiger partial charge is 0.315 e. The quantitative estimate of drug-likeness (QED) is 0.697. The minimum absolute atomic E-state index is 0.226. The van der Waals surface area contributed by atoms with Gasteiger partial charge in [0.1, 0.15) is 0 Å². The van der Waals surface area contributed by atoms with Crippen molar-refractivity contribution >= 4 is 6.03 Å². The second-order valence-corrected chi connectivity index (χ2v) is 4.87. The van der Waals surface area contributed by atoms with Crippen molar-refractivity contribution in [2.24, 2.45) is 11.5 Å². The maximum Gasteiger partial charge on any atom is 0.315 e. The summed E-state index contributed by atoms with van der Waals surface area (Å²) in [4.78, 5) is 12.9. The molecule has 0 bridgehead atoms. The van der Waals surface area contributed by atoms with Crippen molar-refractivity contribution in [2.75, 3.05) is 6.54 Å². The van der Waals surface area contributed by atoms with Crippen LogP contribution in [0.2, 0.25) is 0 Å². The van der Waals surface area contributed by atoms with Gasteiger partial charge in [0.25, 0.3) is 0 Å². The molecular formula is C10H21N3O. The topological polar surface area (TPSA) is 72.3 Å². The van der Waals surface area contributed by atoms with E-state index in [0.29, 0.717) is 0 Å². The Balaban J connectivity index is 2.59.